The van der Waals surface area contributed by atoms with Gasteiger partial charge in [-0.05, 0) is 88.3 Å². The Hall–Kier alpha value is -2.37. The molecular formula is C28H35NO3Si. The monoisotopic (exact) mass is 461 g/mol. The molecule has 1 unspecified atom stereocenters. The lowest BCUT2D eigenvalue weighted by Gasteiger charge is -2.42. The minimum Gasteiger partial charge on any atom is -0.463 e. The van der Waals surface area contributed by atoms with Crippen LogP contribution in [0.15, 0.2) is 48.5 Å². The van der Waals surface area contributed by atoms with E-state index in [-0.39, 0.29) is 11.2 Å². The molecule has 1 spiro atoms. The van der Waals surface area contributed by atoms with Crippen LogP contribution in [0.25, 0.3) is 6.08 Å². The van der Waals surface area contributed by atoms with Crippen LogP contribution in [0.2, 0.25) is 19.6 Å². The fourth-order valence-electron chi connectivity index (χ4n) is 5.77. The maximum Gasteiger partial charge on any atom is 0.209 e. The molecule has 2 heterocycles. The van der Waals surface area contributed by atoms with Gasteiger partial charge in [-0.3, -0.25) is 4.79 Å². The lowest BCUT2D eigenvalue weighted by Crippen LogP contribution is -2.53. The summed E-state index contributed by atoms with van der Waals surface area (Å²) in [7, 11) is -1.88. The molecule has 4 nitrogen and oxygen atoms in total. The number of rotatable bonds is 4. The van der Waals surface area contributed by atoms with Gasteiger partial charge in [-0.2, -0.15) is 0 Å². The molecule has 1 saturated carbocycles. The molecule has 0 radical (unpaired) electrons. The number of ether oxygens (including phenoxy) is 1. The van der Waals surface area contributed by atoms with Crippen molar-refractivity contribution in [2.24, 2.45) is 0 Å². The zero-order valence-electron chi connectivity index (χ0n) is 20.5. The van der Waals surface area contributed by atoms with Crippen LogP contribution < -0.4 is 10.1 Å². The van der Waals surface area contributed by atoms with E-state index in [1.165, 1.54) is 12.0 Å². The summed E-state index contributed by atoms with van der Waals surface area (Å²) in [6, 6.07) is 14.2. The molecule has 33 heavy (non-hydrogen) atoms. The lowest BCUT2D eigenvalue weighted by atomic mass is 9.76. The predicted molar refractivity (Wildman–Crippen MR) is 137 cm³/mol. The number of fused-ring (bicyclic) bond motifs is 2. The average molecular weight is 462 g/mol. The fraction of sp³-hybridized carbons (Fsp3) is 0.464. The first-order valence-corrected chi connectivity index (χ1v) is 15.6. The van der Waals surface area contributed by atoms with E-state index in [1.807, 2.05) is 24.3 Å². The highest BCUT2D eigenvalue weighted by Gasteiger charge is 2.54. The van der Waals surface area contributed by atoms with E-state index in [1.54, 1.807) is 0 Å². The highest BCUT2D eigenvalue weighted by molar-refractivity contribution is 6.70. The van der Waals surface area contributed by atoms with Crippen molar-refractivity contribution < 1.29 is 14.0 Å². The van der Waals surface area contributed by atoms with Gasteiger partial charge in [-0.25, -0.2) is 0 Å². The maximum atomic E-state index is 13.8. The van der Waals surface area contributed by atoms with Crippen LogP contribution in [0.1, 0.15) is 67.4 Å². The molecule has 1 N–H and O–H groups in total. The van der Waals surface area contributed by atoms with Crippen molar-refractivity contribution in [1.29, 1.82) is 0 Å². The normalized spacial score (nSPS) is 24.5. The molecule has 1 atom stereocenters. The summed E-state index contributed by atoms with van der Waals surface area (Å²) in [5, 5.41) is 3.61. The number of para-hydroxylation sites is 1. The molecule has 0 bridgehead atoms. The molecule has 5 heteroatoms. The van der Waals surface area contributed by atoms with Crippen molar-refractivity contribution >= 4 is 25.9 Å². The molecule has 2 aliphatic heterocycles. The standard InChI is InChI=1S/C28H35NO3Si/c1-26(2)22-11-7-8-12-23(22)29-28(26)18-15-20-19-21(13-14-24(20)31-28)25(30)27(32-33(3,4)5)16-9-6-10-17-27/h7-8,11-15,18-19,29H,6,9-10,16-17H2,1-5H3. The highest BCUT2D eigenvalue weighted by Crippen LogP contribution is 2.51. The van der Waals surface area contributed by atoms with E-state index in [4.69, 9.17) is 9.16 Å². The molecule has 1 aliphatic carbocycles. The van der Waals surface area contributed by atoms with Gasteiger partial charge in [0.15, 0.2) is 14.1 Å². The van der Waals surface area contributed by atoms with Gasteiger partial charge in [0, 0.05) is 16.8 Å². The molecule has 2 aromatic carbocycles. The van der Waals surface area contributed by atoms with Gasteiger partial charge in [-0.1, -0.05) is 37.5 Å². The van der Waals surface area contributed by atoms with Gasteiger partial charge < -0.3 is 14.5 Å². The van der Waals surface area contributed by atoms with E-state index in [0.29, 0.717) is 0 Å². The minimum absolute atomic E-state index is 0.132. The Morgan fingerprint density at radius 3 is 2.45 bits per heavy atom. The number of hydrogen-bond acceptors (Lipinski definition) is 4. The van der Waals surface area contributed by atoms with Gasteiger partial charge in [0.2, 0.25) is 5.72 Å². The summed E-state index contributed by atoms with van der Waals surface area (Å²) in [5.41, 5.74) is 2.44. The SMILES string of the molecule is CC1(C)c2ccccc2NC12C=Cc1cc(C(=O)C3(O[Si](C)(C)C)CCCCC3)ccc1O2. The number of carbonyl (C=O) groups is 1. The molecule has 0 amide bonds. The number of benzene rings is 2. The number of Topliss-reactive ketones (excluding diaryl/α,β-unsaturated/α-hetero) is 1. The van der Waals surface area contributed by atoms with E-state index in [2.05, 4.69) is 69.2 Å². The Balaban J connectivity index is 1.46. The Labute approximate surface area is 198 Å². The number of anilines is 1. The second kappa shape index (κ2) is 7.57. The van der Waals surface area contributed by atoms with Gasteiger partial charge in [0.05, 0.1) is 5.41 Å². The molecule has 5 rings (SSSR count). The third-order valence-electron chi connectivity index (χ3n) is 7.47. The third kappa shape index (κ3) is 3.66. The van der Waals surface area contributed by atoms with Crippen molar-refractivity contribution in [2.75, 3.05) is 5.32 Å². The molecule has 174 valence electrons. The smallest absolute Gasteiger partial charge is 0.209 e. The van der Waals surface area contributed by atoms with Crippen LogP contribution >= 0.6 is 0 Å². The van der Waals surface area contributed by atoms with Crippen LogP contribution in [0.5, 0.6) is 5.75 Å². The zero-order valence-corrected chi connectivity index (χ0v) is 21.5. The molecule has 0 saturated heterocycles. The minimum atomic E-state index is -1.88. The van der Waals surface area contributed by atoms with E-state index >= 15 is 0 Å². The van der Waals surface area contributed by atoms with E-state index < -0.39 is 19.6 Å². The van der Waals surface area contributed by atoms with Crippen molar-refractivity contribution in [3.63, 3.8) is 0 Å². The van der Waals surface area contributed by atoms with Crippen LogP contribution in [0, 0.1) is 0 Å². The summed E-state index contributed by atoms with van der Waals surface area (Å²) in [4.78, 5) is 13.8. The van der Waals surface area contributed by atoms with Gasteiger partial charge in [-0.15, -0.1) is 0 Å². The molecule has 0 aromatic heterocycles. The predicted octanol–water partition coefficient (Wildman–Crippen LogP) is 6.93. The largest absolute Gasteiger partial charge is 0.463 e. The van der Waals surface area contributed by atoms with Gasteiger partial charge in [0.25, 0.3) is 0 Å². The van der Waals surface area contributed by atoms with Gasteiger partial charge >= 0.3 is 0 Å². The number of nitrogens with one attached hydrogen (secondary N) is 1. The quantitative estimate of drug-likeness (QED) is 0.396. The van der Waals surface area contributed by atoms with E-state index in [0.717, 1.165) is 48.2 Å². The topological polar surface area (TPSA) is 47.6 Å². The Morgan fingerprint density at radius 1 is 1.03 bits per heavy atom. The number of ketones is 1. The summed E-state index contributed by atoms with van der Waals surface area (Å²) in [5.74, 6) is 0.930. The molecule has 1 fully saturated rings. The average Bonchev–Trinajstić information content (AvgIpc) is 2.98. The molecule has 3 aliphatic rings. The second-order valence-electron chi connectivity index (χ2n) is 11.3. The summed E-state index contributed by atoms with van der Waals surface area (Å²) < 4.78 is 13.2. The van der Waals surface area contributed by atoms with Crippen LogP contribution in [-0.2, 0) is 9.84 Å². The Kier molecular flexibility index (Phi) is 5.14. The van der Waals surface area contributed by atoms with Crippen LogP contribution in [0.3, 0.4) is 0 Å². The number of carbonyl (C=O) groups excluding carboxylic acids is 1. The van der Waals surface area contributed by atoms with Crippen molar-refractivity contribution in [3.8, 4) is 5.75 Å². The van der Waals surface area contributed by atoms with E-state index in [9.17, 15) is 4.79 Å². The van der Waals surface area contributed by atoms with Crippen molar-refractivity contribution in [3.05, 3.63) is 65.2 Å². The lowest BCUT2D eigenvalue weighted by molar-refractivity contribution is 0.0225. The first-order valence-electron chi connectivity index (χ1n) is 12.2. The van der Waals surface area contributed by atoms with Crippen LogP contribution in [0.4, 0.5) is 5.69 Å². The number of hydrogen-bond donors (Lipinski definition) is 1. The molecule has 2 aromatic rings. The maximum absolute atomic E-state index is 13.8. The van der Waals surface area contributed by atoms with Crippen LogP contribution in [-0.4, -0.2) is 25.4 Å². The first kappa shape index (κ1) is 22.4. The first-order chi connectivity index (χ1) is 15.6. The highest BCUT2D eigenvalue weighted by atomic mass is 28.4. The molecular weight excluding hydrogens is 426 g/mol. The van der Waals surface area contributed by atoms with Crippen molar-refractivity contribution in [2.45, 2.75) is 82.3 Å². The fourth-order valence-corrected chi connectivity index (χ4v) is 7.24. The summed E-state index contributed by atoms with van der Waals surface area (Å²) in [6.45, 7) is 10.9. The zero-order chi connectivity index (χ0) is 23.5. The van der Waals surface area contributed by atoms with Crippen molar-refractivity contribution in [1.82, 2.24) is 0 Å². The summed E-state index contributed by atoms with van der Waals surface area (Å²) in [6.07, 6.45) is 9.12. The Morgan fingerprint density at radius 2 is 1.76 bits per heavy atom. The Bertz CT molecular complexity index is 1120. The van der Waals surface area contributed by atoms with Gasteiger partial charge in [0.1, 0.15) is 11.4 Å². The summed E-state index contributed by atoms with van der Waals surface area (Å²) >= 11 is 0. The third-order valence-corrected chi connectivity index (χ3v) is 8.47. The second-order valence-corrected chi connectivity index (χ2v) is 15.7.